The highest BCUT2D eigenvalue weighted by molar-refractivity contribution is 5.97. The number of anilines is 2. The maximum atomic E-state index is 13.4. The fraction of sp³-hybridized carbons (Fsp3) is 0.571. The second-order valence-corrected chi connectivity index (χ2v) is 12.9. The number of oxazole rings is 1. The number of aliphatic hydroxyl groups excluding tert-OH is 1. The molecule has 1 atom stereocenters. The summed E-state index contributed by atoms with van der Waals surface area (Å²) in [6.07, 6.45) is 6.06. The number of benzene rings is 1. The van der Waals surface area contributed by atoms with Crippen LogP contribution in [0.25, 0.3) is 0 Å². The smallest absolute Gasteiger partial charge is 0.181 e. The van der Waals surface area contributed by atoms with Gasteiger partial charge in [-0.25, -0.2) is 9.97 Å². The summed E-state index contributed by atoms with van der Waals surface area (Å²) in [7, 11) is 0. The molecule has 1 saturated carbocycles. The molecule has 45 heavy (non-hydrogen) atoms. The van der Waals surface area contributed by atoms with E-state index in [1.165, 1.54) is 23.9 Å². The molecule has 1 aliphatic carbocycles. The average molecular weight is 617 g/mol. The normalized spacial score (nSPS) is 18.4. The molecule has 10 heteroatoms. The maximum absolute atomic E-state index is 13.4. The summed E-state index contributed by atoms with van der Waals surface area (Å²) >= 11 is 0. The maximum Gasteiger partial charge on any atom is 0.181 e. The van der Waals surface area contributed by atoms with Gasteiger partial charge in [-0.3, -0.25) is 9.69 Å². The van der Waals surface area contributed by atoms with E-state index in [0.29, 0.717) is 37.6 Å². The summed E-state index contributed by atoms with van der Waals surface area (Å²) in [5.41, 5.74) is 5.27. The molecule has 242 valence electrons. The predicted octanol–water partition coefficient (Wildman–Crippen LogP) is 4.75. The molecule has 2 fully saturated rings. The van der Waals surface area contributed by atoms with E-state index < -0.39 is 6.10 Å². The predicted molar refractivity (Wildman–Crippen MR) is 175 cm³/mol. The van der Waals surface area contributed by atoms with E-state index in [9.17, 15) is 9.90 Å². The number of β-amino-alcohol motifs (C(OH)–C–C–N with tert-alkyl or cyclic N) is 1. The Morgan fingerprint density at radius 2 is 1.96 bits per heavy atom. The number of aryl methyl sites for hydroxylation is 1. The molecule has 2 aliphatic heterocycles. The minimum absolute atomic E-state index is 0.0641. The second-order valence-electron chi connectivity index (χ2n) is 12.9. The lowest BCUT2D eigenvalue weighted by Crippen LogP contribution is -2.46. The number of nitrogens with one attached hydrogen (secondary N) is 1. The first kappa shape index (κ1) is 31.5. The van der Waals surface area contributed by atoms with E-state index in [4.69, 9.17) is 14.1 Å². The molecule has 1 aromatic carbocycles. The number of hydrogen-bond donors (Lipinski definition) is 2. The first-order valence-corrected chi connectivity index (χ1v) is 16.7. The molecular weight excluding hydrogens is 568 g/mol. The van der Waals surface area contributed by atoms with E-state index >= 15 is 0 Å². The number of aromatic nitrogens is 2. The molecule has 3 aromatic rings. The van der Waals surface area contributed by atoms with Crippen LogP contribution in [0.1, 0.15) is 77.5 Å². The number of ether oxygens (including phenoxy) is 1. The molecule has 2 N–H and O–H groups in total. The second kappa shape index (κ2) is 14.3. The van der Waals surface area contributed by atoms with Crippen LogP contribution in [0.4, 0.5) is 11.6 Å². The Kier molecular flexibility index (Phi) is 10.0. The van der Waals surface area contributed by atoms with Crippen molar-refractivity contribution in [2.45, 2.75) is 84.6 Å². The van der Waals surface area contributed by atoms with Crippen LogP contribution in [0.15, 0.2) is 35.1 Å². The van der Waals surface area contributed by atoms with E-state index in [2.05, 4.69) is 44.9 Å². The summed E-state index contributed by atoms with van der Waals surface area (Å²) in [5.74, 6) is 3.34. The fourth-order valence-corrected chi connectivity index (χ4v) is 6.60. The van der Waals surface area contributed by atoms with Crippen molar-refractivity contribution < 1.29 is 19.1 Å². The van der Waals surface area contributed by atoms with Crippen LogP contribution < -0.4 is 15.0 Å². The van der Waals surface area contributed by atoms with Gasteiger partial charge in [-0.1, -0.05) is 13.0 Å². The third kappa shape index (κ3) is 7.68. The summed E-state index contributed by atoms with van der Waals surface area (Å²) in [4.78, 5) is 29.5. The number of Topliss-reactive ketones (excluding diaryl/α,β-unsaturated/α-hetero) is 1. The number of carbonyl (C=O) groups is 1. The van der Waals surface area contributed by atoms with Gasteiger partial charge in [0.05, 0.1) is 11.8 Å². The average Bonchev–Trinajstić information content (AvgIpc) is 3.45. The van der Waals surface area contributed by atoms with E-state index in [1.54, 1.807) is 0 Å². The third-order valence-electron chi connectivity index (χ3n) is 9.83. The van der Waals surface area contributed by atoms with Gasteiger partial charge >= 0.3 is 0 Å². The minimum Gasteiger partial charge on any atom is -0.485 e. The van der Waals surface area contributed by atoms with Gasteiger partial charge in [0.2, 0.25) is 0 Å². The van der Waals surface area contributed by atoms with Gasteiger partial charge in [-0.2, -0.15) is 0 Å². The highest BCUT2D eigenvalue weighted by Crippen LogP contribution is 2.31. The number of fused-ring (bicyclic) bond motifs is 1. The number of nitrogens with zero attached hydrogens (tertiary/aromatic N) is 5. The lowest BCUT2D eigenvalue weighted by atomic mass is 9.93. The van der Waals surface area contributed by atoms with Crippen LogP contribution in [0.5, 0.6) is 5.75 Å². The lowest BCUT2D eigenvalue weighted by molar-refractivity contribution is 0.0836. The largest absolute Gasteiger partial charge is 0.485 e. The van der Waals surface area contributed by atoms with Crippen molar-refractivity contribution in [3.8, 4) is 5.75 Å². The van der Waals surface area contributed by atoms with Gasteiger partial charge in [0.15, 0.2) is 17.9 Å². The summed E-state index contributed by atoms with van der Waals surface area (Å²) in [6, 6.07) is 8.46. The molecule has 0 bridgehead atoms. The number of carbonyl (C=O) groups excluding carboxylic acids is 1. The fourth-order valence-electron chi connectivity index (χ4n) is 6.60. The molecular formula is C35H48N6O4. The SMILES string of the molecule is CCN1CCN(c2cc(C(=O)CC[C@H](O)CN3CCc4c(ccc(OCc5ocnc5C)c4C)C3)cc(NC3CCC3)n2)CC1. The zero-order valence-corrected chi connectivity index (χ0v) is 27.1. The minimum atomic E-state index is -0.569. The van der Waals surface area contributed by atoms with Crippen molar-refractivity contribution in [3.05, 3.63) is 64.4 Å². The molecule has 10 nitrogen and oxygen atoms in total. The van der Waals surface area contributed by atoms with Gasteiger partial charge in [-0.15, -0.1) is 0 Å². The summed E-state index contributed by atoms with van der Waals surface area (Å²) in [6.45, 7) is 13.7. The van der Waals surface area contributed by atoms with Gasteiger partial charge < -0.3 is 29.4 Å². The van der Waals surface area contributed by atoms with E-state index in [-0.39, 0.29) is 5.78 Å². The number of pyridine rings is 1. The molecule has 0 spiro atoms. The van der Waals surface area contributed by atoms with E-state index in [1.807, 2.05) is 25.1 Å². The van der Waals surface area contributed by atoms with Gasteiger partial charge in [0, 0.05) is 63.8 Å². The van der Waals surface area contributed by atoms with Gasteiger partial charge in [0.25, 0.3) is 0 Å². The molecule has 0 amide bonds. The first-order chi connectivity index (χ1) is 21.9. The zero-order valence-electron chi connectivity index (χ0n) is 27.1. The molecule has 6 rings (SSSR count). The van der Waals surface area contributed by atoms with Crippen LogP contribution in [0, 0.1) is 13.8 Å². The third-order valence-corrected chi connectivity index (χ3v) is 9.83. The molecule has 0 unspecified atom stereocenters. The Bertz CT molecular complexity index is 1460. The highest BCUT2D eigenvalue weighted by atomic mass is 16.5. The van der Waals surface area contributed by atoms with Crippen molar-refractivity contribution >= 4 is 17.4 Å². The molecule has 2 aromatic heterocycles. The Balaban J connectivity index is 1.03. The van der Waals surface area contributed by atoms with E-state index in [0.717, 1.165) is 99.5 Å². The zero-order chi connectivity index (χ0) is 31.3. The number of hydrogen-bond acceptors (Lipinski definition) is 10. The van der Waals surface area contributed by atoms with Gasteiger partial charge in [0.1, 0.15) is 24.0 Å². The number of rotatable bonds is 13. The standard InChI is InChI=1S/C35H48N6O4/c1-4-39-14-16-41(17-15-39)35-19-27(18-34(38-35)37-28-6-5-7-28)31(43)10-9-29(42)21-40-13-12-30-24(2)32(11-8-26(30)20-40)44-22-33-25(3)36-23-45-33/h8,11,18-19,23,28-29,42H,4-7,9-10,12-17,20-22H2,1-3H3,(H,37,38)/t29-/m0/s1. The van der Waals surface area contributed by atoms with Crippen LogP contribution in [0.3, 0.4) is 0 Å². The first-order valence-electron chi connectivity index (χ1n) is 16.7. The summed E-state index contributed by atoms with van der Waals surface area (Å²) < 4.78 is 11.5. The van der Waals surface area contributed by atoms with Crippen molar-refractivity contribution in [2.75, 3.05) is 56.0 Å². The Morgan fingerprint density at radius 3 is 2.67 bits per heavy atom. The molecule has 1 saturated heterocycles. The Morgan fingerprint density at radius 1 is 1.13 bits per heavy atom. The number of piperazine rings is 1. The lowest BCUT2D eigenvalue weighted by Gasteiger charge is -2.35. The quantitative estimate of drug-likeness (QED) is 0.261. The number of ketones is 1. The van der Waals surface area contributed by atoms with Crippen molar-refractivity contribution in [2.24, 2.45) is 0 Å². The van der Waals surface area contributed by atoms with Crippen molar-refractivity contribution in [1.29, 1.82) is 0 Å². The Hall–Kier alpha value is -3.47. The van der Waals surface area contributed by atoms with Crippen molar-refractivity contribution in [1.82, 2.24) is 19.8 Å². The van der Waals surface area contributed by atoms with Crippen molar-refractivity contribution in [3.63, 3.8) is 0 Å². The van der Waals surface area contributed by atoms with Crippen LogP contribution in [-0.2, 0) is 19.6 Å². The molecule has 0 radical (unpaired) electrons. The Labute approximate surface area is 266 Å². The van der Waals surface area contributed by atoms with Crippen LogP contribution in [-0.4, -0.2) is 88.6 Å². The van der Waals surface area contributed by atoms with Crippen LogP contribution in [0.2, 0.25) is 0 Å². The number of likely N-dealkylation sites (N-methyl/N-ethyl adjacent to an activating group) is 1. The highest BCUT2D eigenvalue weighted by Gasteiger charge is 2.24. The number of aliphatic hydroxyl groups is 1. The topological polar surface area (TPSA) is 107 Å². The monoisotopic (exact) mass is 616 g/mol. The molecule has 4 heterocycles. The summed E-state index contributed by atoms with van der Waals surface area (Å²) in [5, 5.41) is 14.5. The van der Waals surface area contributed by atoms with Gasteiger partial charge in [-0.05, 0) is 87.4 Å². The molecule has 3 aliphatic rings. The van der Waals surface area contributed by atoms with Crippen LogP contribution >= 0.6 is 0 Å².